The number of aromatic carboxylic acids is 1. The average Bonchev–Trinajstić information content (AvgIpc) is 2.26. The molecule has 0 saturated heterocycles. The predicted molar refractivity (Wildman–Crippen MR) is 67.9 cm³/mol. The molecule has 1 aliphatic rings. The van der Waals surface area contributed by atoms with Crippen molar-refractivity contribution in [3.8, 4) is 0 Å². The third-order valence-electron chi connectivity index (χ3n) is 3.25. The normalized spacial score (nSPS) is 14.7. The van der Waals surface area contributed by atoms with E-state index in [4.69, 9.17) is 5.11 Å². The molecule has 1 aromatic carbocycles. The Kier molecular flexibility index (Phi) is 3.50. The maximum atomic E-state index is 11.7. The van der Waals surface area contributed by atoms with Crippen molar-refractivity contribution in [1.29, 1.82) is 0 Å². The number of nitrogens with one attached hydrogen (secondary N) is 2. The summed E-state index contributed by atoms with van der Waals surface area (Å²) >= 11 is 0. The van der Waals surface area contributed by atoms with Crippen LogP contribution in [-0.4, -0.2) is 23.1 Å². The summed E-state index contributed by atoms with van der Waals surface area (Å²) in [7, 11) is 0. The van der Waals surface area contributed by atoms with Crippen molar-refractivity contribution in [2.45, 2.75) is 32.2 Å². The van der Waals surface area contributed by atoms with Gasteiger partial charge in [-0.25, -0.2) is 9.59 Å². The number of hydrogen-bond donors (Lipinski definition) is 3. The summed E-state index contributed by atoms with van der Waals surface area (Å²) in [6.45, 7) is 1.68. The van der Waals surface area contributed by atoms with Crippen LogP contribution in [0.3, 0.4) is 0 Å². The van der Waals surface area contributed by atoms with Gasteiger partial charge in [0.25, 0.3) is 0 Å². The lowest BCUT2D eigenvalue weighted by Crippen LogP contribution is -2.42. The van der Waals surface area contributed by atoms with E-state index in [0.29, 0.717) is 11.3 Å². The SMILES string of the molecule is Cc1c(NC(=O)NC2CCC2)cccc1C(=O)O. The number of anilines is 1. The highest BCUT2D eigenvalue weighted by molar-refractivity contribution is 5.95. The van der Waals surface area contributed by atoms with E-state index < -0.39 is 5.97 Å². The zero-order valence-corrected chi connectivity index (χ0v) is 10.2. The van der Waals surface area contributed by atoms with Crippen LogP contribution in [-0.2, 0) is 0 Å². The van der Waals surface area contributed by atoms with Crippen LogP contribution in [0.5, 0.6) is 0 Å². The number of benzene rings is 1. The van der Waals surface area contributed by atoms with E-state index >= 15 is 0 Å². The van der Waals surface area contributed by atoms with Gasteiger partial charge in [0, 0.05) is 11.7 Å². The molecule has 1 fully saturated rings. The van der Waals surface area contributed by atoms with Crippen LogP contribution in [0.4, 0.5) is 10.5 Å². The van der Waals surface area contributed by atoms with Crippen molar-refractivity contribution >= 4 is 17.7 Å². The minimum atomic E-state index is -0.990. The van der Waals surface area contributed by atoms with E-state index in [2.05, 4.69) is 10.6 Å². The van der Waals surface area contributed by atoms with Gasteiger partial charge in [0.1, 0.15) is 0 Å². The number of carboxylic acids is 1. The third-order valence-corrected chi connectivity index (χ3v) is 3.25. The minimum Gasteiger partial charge on any atom is -0.478 e. The van der Waals surface area contributed by atoms with Gasteiger partial charge in [-0.05, 0) is 43.9 Å². The van der Waals surface area contributed by atoms with Crippen molar-refractivity contribution in [3.63, 3.8) is 0 Å². The number of rotatable bonds is 3. The van der Waals surface area contributed by atoms with Crippen LogP contribution in [0.2, 0.25) is 0 Å². The molecule has 0 heterocycles. The van der Waals surface area contributed by atoms with Gasteiger partial charge in [-0.3, -0.25) is 0 Å². The zero-order chi connectivity index (χ0) is 13.1. The van der Waals surface area contributed by atoms with Crippen molar-refractivity contribution in [3.05, 3.63) is 29.3 Å². The van der Waals surface area contributed by atoms with E-state index in [-0.39, 0.29) is 17.6 Å². The number of amides is 2. The van der Waals surface area contributed by atoms with Gasteiger partial charge in [0.05, 0.1) is 5.56 Å². The highest BCUT2D eigenvalue weighted by Gasteiger charge is 2.20. The second-order valence-electron chi connectivity index (χ2n) is 4.51. The average molecular weight is 248 g/mol. The molecule has 0 aliphatic heterocycles. The Labute approximate surface area is 105 Å². The topological polar surface area (TPSA) is 78.4 Å². The standard InChI is InChI=1S/C13H16N2O3/c1-8-10(12(16)17)6-3-7-11(8)15-13(18)14-9-4-2-5-9/h3,6-7,9H,2,4-5H2,1H3,(H,16,17)(H2,14,15,18). The first-order chi connectivity index (χ1) is 8.58. The van der Waals surface area contributed by atoms with Crippen molar-refractivity contribution in [1.82, 2.24) is 5.32 Å². The maximum Gasteiger partial charge on any atom is 0.336 e. The third kappa shape index (κ3) is 2.61. The molecule has 96 valence electrons. The number of carbonyl (C=O) groups excluding carboxylic acids is 1. The van der Waals surface area contributed by atoms with E-state index in [1.165, 1.54) is 6.07 Å². The predicted octanol–water partition coefficient (Wildman–Crippen LogP) is 2.37. The summed E-state index contributed by atoms with van der Waals surface area (Å²) in [5.74, 6) is -0.990. The highest BCUT2D eigenvalue weighted by Crippen LogP contribution is 2.20. The first-order valence-corrected chi connectivity index (χ1v) is 5.98. The molecule has 0 aromatic heterocycles. The number of urea groups is 1. The lowest BCUT2D eigenvalue weighted by Gasteiger charge is -2.26. The molecule has 2 amide bonds. The molecule has 0 radical (unpaired) electrons. The Balaban J connectivity index is 2.06. The zero-order valence-electron chi connectivity index (χ0n) is 10.2. The molecule has 1 saturated carbocycles. The maximum absolute atomic E-state index is 11.7. The molecule has 3 N–H and O–H groups in total. The molecule has 5 heteroatoms. The van der Waals surface area contributed by atoms with E-state index in [9.17, 15) is 9.59 Å². The molecular formula is C13H16N2O3. The van der Waals surface area contributed by atoms with Gasteiger partial charge in [0.2, 0.25) is 0 Å². The fraction of sp³-hybridized carbons (Fsp3) is 0.385. The Morgan fingerprint density at radius 1 is 1.33 bits per heavy atom. The second-order valence-corrected chi connectivity index (χ2v) is 4.51. The van der Waals surface area contributed by atoms with Crippen molar-refractivity contribution in [2.24, 2.45) is 0 Å². The van der Waals surface area contributed by atoms with Crippen LogP contribution in [0.15, 0.2) is 18.2 Å². The smallest absolute Gasteiger partial charge is 0.336 e. The quantitative estimate of drug-likeness (QED) is 0.768. The van der Waals surface area contributed by atoms with Crippen LogP contribution < -0.4 is 10.6 Å². The van der Waals surface area contributed by atoms with Crippen LogP contribution in [0.25, 0.3) is 0 Å². The molecule has 5 nitrogen and oxygen atoms in total. The van der Waals surface area contributed by atoms with E-state index in [0.717, 1.165) is 19.3 Å². The first kappa shape index (κ1) is 12.4. The van der Waals surface area contributed by atoms with Gasteiger partial charge in [0.15, 0.2) is 0 Å². The highest BCUT2D eigenvalue weighted by atomic mass is 16.4. The lowest BCUT2D eigenvalue weighted by atomic mass is 9.93. The molecule has 1 aliphatic carbocycles. The Hall–Kier alpha value is -2.04. The number of carbonyl (C=O) groups is 2. The Bertz CT molecular complexity index is 481. The molecule has 2 rings (SSSR count). The molecule has 18 heavy (non-hydrogen) atoms. The summed E-state index contributed by atoms with van der Waals surface area (Å²) in [6.07, 6.45) is 3.18. The summed E-state index contributed by atoms with van der Waals surface area (Å²) in [4.78, 5) is 22.6. The second kappa shape index (κ2) is 5.08. The monoisotopic (exact) mass is 248 g/mol. The molecule has 0 bridgehead atoms. The van der Waals surface area contributed by atoms with Crippen LogP contribution in [0, 0.1) is 6.92 Å². The van der Waals surface area contributed by atoms with Gasteiger partial charge >= 0.3 is 12.0 Å². The van der Waals surface area contributed by atoms with E-state index in [1.54, 1.807) is 19.1 Å². The molecule has 0 unspecified atom stereocenters. The molecule has 1 aromatic rings. The first-order valence-electron chi connectivity index (χ1n) is 5.98. The summed E-state index contributed by atoms with van der Waals surface area (Å²) in [5.41, 5.74) is 1.30. The fourth-order valence-electron chi connectivity index (χ4n) is 1.90. The number of hydrogen-bond acceptors (Lipinski definition) is 2. The van der Waals surface area contributed by atoms with Gasteiger partial charge < -0.3 is 15.7 Å². The summed E-state index contributed by atoms with van der Waals surface area (Å²) < 4.78 is 0. The number of carboxylic acid groups (broad SMARTS) is 1. The van der Waals surface area contributed by atoms with Gasteiger partial charge in [-0.1, -0.05) is 6.07 Å². The van der Waals surface area contributed by atoms with Gasteiger partial charge in [-0.15, -0.1) is 0 Å². The molecular weight excluding hydrogens is 232 g/mol. The van der Waals surface area contributed by atoms with E-state index in [1.807, 2.05) is 0 Å². The largest absolute Gasteiger partial charge is 0.478 e. The van der Waals surface area contributed by atoms with Gasteiger partial charge in [-0.2, -0.15) is 0 Å². The van der Waals surface area contributed by atoms with Crippen LogP contribution in [0.1, 0.15) is 35.2 Å². The Morgan fingerprint density at radius 2 is 2.06 bits per heavy atom. The summed E-state index contributed by atoms with van der Waals surface area (Å²) in [5, 5.41) is 14.5. The van der Waals surface area contributed by atoms with Crippen LogP contribution >= 0.6 is 0 Å². The summed E-state index contributed by atoms with van der Waals surface area (Å²) in [6, 6.07) is 4.82. The van der Waals surface area contributed by atoms with Crippen molar-refractivity contribution < 1.29 is 14.7 Å². The lowest BCUT2D eigenvalue weighted by molar-refractivity contribution is 0.0696. The Morgan fingerprint density at radius 3 is 2.61 bits per heavy atom. The minimum absolute atomic E-state index is 0.205. The molecule has 0 spiro atoms. The van der Waals surface area contributed by atoms with Crippen molar-refractivity contribution in [2.75, 3.05) is 5.32 Å². The fourth-order valence-corrected chi connectivity index (χ4v) is 1.90. The molecule has 0 atom stereocenters.